The molecule has 1 amide bonds. The topological polar surface area (TPSA) is 114 Å². The van der Waals surface area contributed by atoms with Crippen molar-refractivity contribution >= 4 is 38.9 Å². The molecule has 0 saturated carbocycles. The zero-order valence-electron chi connectivity index (χ0n) is 19.1. The lowest BCUT2D eigenvalue weighted by molar-refractivity contribution is 0.120. The first-order chi connectivity index (χ1) is 16.2. The van der Waals surface area contributed by atoms with Gasteiger partial charge in [0.15, 0.2) is 21.0 Å². The van der Waals surface area contributed by atoms with Crippen LogP contribution in [-0.2, 0) is 14.6 Å². The zero-order chi connectivity index (χ0) is 24.7. The highest BCUT2D eigenvalue weighted by molar-refractivity contribution is 7.91. The monoisotopic (exact) mass is 503 g/mol. The van der Waals surface area contributed by atoms with Gasteiger partial charge in [-0.3, -0.25) is 5.32 Å². The van der Waals surface area contributed by atoms with Gasteiger partial charge in [-0.15, -0.1) is 0 Å². The van der Waals surface area contributed by atoms with Crippen molar-refractivity contribution in [3.05, 3.63) is 71.4 Å². The van der Waals surface area contributed by atoms with Crippen LogP contribution in [0.1, 0.15) is 31.2 Å². The van der Waals surface area contributed by atoms with Gasteiger partial charge in [-0.25, -0.2) is 28.2 Å². The molecule has 3 rings (SSSR count). The van der Waals surface area contributed by atoms with Gasteiger partial charge in [0.05, 0.1) is 16.5 Å². The van der Waals surface area contributed by atoms with Gasteiger partial charge in [-0.2, -0.15) is 0 Å². The Morgan fingerprint density at radius 2 is 1.91 bits per heavy atom. The van der Waals surface area contributed by atoms with Crippen molar-refractivity contribution in [3.8, 4) is 0 Å². The number of hydrogen-bond donors (Lipinski definition) is 1. The number of anilines is 2. The SMILES string of the molecule is CCN(CC)c1ccc(NC(=O)OC(CS(=O)(=O)c2ccc(Cl)cn2)c2ccncn2)c(C)c1. The van der Waals surface area contributed by atoms with Crippen LogP contribution >= 0.6 is 11.6 Å². The first kappa shape index (κ1) is 25.4. The van der Waals surface area contributed by atoms with E-state index in [1.165, 1.54) is 36.9 Å². The van der Waals surface area contributed by atoms with Gasteiger partial charge >= 0.3 is 6.09 Å². The van der Waals surface area contributed by atoms with E-state index >= 15 is 0 Å². The third kappa shape index (κ3) is 6.42. The minimum Gasteiger partial charge on any atom is -0.438 e. The number of aromatic nitrogens is 3. The molecule has 0 aliphatic carbocycles. The fourth-order valence-electron chi connectivity index (χ4n) is 3.34. The summed E-state index contributed by atoms with van der Waals surface area (Å²) in [5.41, 5.74) is 2.70. The molecule has 0 fully saturated rings. The maximum absolute atomic E-state index is 12.9. The third-order valence-corrected chi connectivity index (χ3v) is 6.99. The third-order valence-electron chi connectivity index (χ3n) is 5.15. The quantitative estimate of drug-likeness (QED) is 0.455. The molecule has 1 unspecified atom stereocenters. The molecular weight excluding hydrogens is 478 g/mol. The van der Waals surface area contributed by atoms with E-state index in [0.717, 1.165) is 24.3 Å². The van der Waals surface area contributed by atoms with Gasteiger partial charge < -0.3 is 9.64 Å². The van der Waals surface area contributed by atoms with Crippen LogP contribution in [-0.4, -0.2) is 48.3 Å². The van der Waals surface area contributed by atoms with Crippen molar-refractivity contribution in [2.24, 2.45) is 0 Å². The minimum atomic E-state index is -3.91. The number of sulfone groups is 1. The Labute approximate surface area is 204 Å². The molecule has 0 saturated heterocycles. The Balaban J connectivity index is 1.79. The molecule has 2 heterocycles. The van der Waals surface area contributed by atoms with E-state index in [-0.39, 0.29) is 10.7 Å². The number of benzene rings is 1. The number of nitrogens with zero attached hydrogens (tertiary/aromatic N) is 4. The number of rotatable bonds is 9. The van der Waals surface area contributed by atoms with Crippen LogP contribution in [0.5, 0.6) is 0 Å². The van der Waals surface area contributed by atoms with Crippen molar-refractivity contribution in [2.75, 3.05) is 29.1 Å². The molecule has 0 aliphatic heterocycles. The van der Waals surface area contributed by atoms with E-state index in [4.69, 9.17) is 16.3 Å². The van der Waals surface area contributed by atoms with E-state index < -0.39 is 27.8 Å². The normalized spacial score (nSPS) is 12.1. The van der Waals surface area contributed by atoms with E-state index in [1.54, 1.807) is 6.07 Å². The number of carbonyl (C=O) groups is 1. The summed E-state index contributed by atoms with van der Waals surface area (Å²) in [5.74, 6) is -0.550. The Kier molecular flexibility index (Phi) is 8.41. The maximum Gasteiger partial charge on any atom is 0.412 e. The molecule has 9 nitrogen and oxygen atoms in total. The Hall–Kier alpha value is -3.24. The van der Waals surface area contributed by atoms with E-state index in [2.05, 4.69) is 39.0 Å². The largest absolute Gasteiger partial charge is 0.438 e. The van der Waals surface area contributed by atoms with Crippen molar-refractivity contribution in [2.45, 2.75) is 31.9 Å². The fraction of sp³-hybridized carbons (Fsp3) is 0.304. The number of aryl methyl sites for hydroxylation is 1. The molecule has 180 valence electrons. The Bertz CT molecular complexity index is 1220. The number of carbonyl (C=O) groups excluding carboxylic acids is 1. The summed E-state index contributed by atoms with van der Waals surface area (Å²) < 4.78 is 31.3. The number of pyridine rings is 1. The molecule has 1 N–H and O–H groups in total. The molecule has 1 aromatic carbocycles. The molecular formula is C23H26ClN5O4S. The number of halogens is 1. The summed E-state index contributed by atoms with van der Waals surface area (Å²) in [6.07, 6.45) is 1.96. The summed E-state index contributed by atoms with van der Waals surface area (Å²) in [7, 11) is -3.91. The number of nitrogens with one attached hydrogen (secondary N) is 1. The molecule has 0 bridgehead atoms. The number of hydrogen-bond acceptors (Lipinski definition) is 8. The van der Waals surface area contributed by atoms with Crippen LogP contribution < -0.4 is 10.2 Å². The second-order valence-electron chi connectivity index (χ2n) is 7.42. The van der Waals surface area contributed by atoms with E-state index in [1.807, 2.05) is 19.1 Å². The number of ether oxygens (including phenoxy) is 1. The lowest BCUT2D eigenvalue weighted by Gasteiger charge is -2.22. The molecule has 0 radical (unpaired) electrons. The van der Waals surface area contributed by atoms with E-state index in [0.29, 0.717) is 10.7 Å². The number of amides is 1. The summed E-state index contributed by atoms with van der Waals surface area (Å²) in [6.45, 7) is 7.75. The standard InChI is InChI=1S/C23H26ClN5O4S/c1-4-29(5-2)18-7-8-19(16(3)12-18)28-23(30)33-21(20-10-11-25-15-27-20)14-34(31,32)22-9-6-17(24)13-26-22/h6-13,15,21H,4-5,14H2,1-3H3,(H,28,30). The van der Waals surface area contributed by atoms with Gasteiger partial charge in [0.25, 0.3) is 0 Å². The highest BCUT2D eigenvalue weighted by Gasteiger charge is 2.28. The molecule has 0 spiro atoms. The first-order valence-corrected chi connectivity index (χ1v) is 12.7. The molecule has 34 heavy (non-hydrogen) atoms. The lowest BCUT2D eigenvalue weighted by Crippen LogP contribution is -2.25. The summed E-state index contributed by atoms with van der Waals surface area (Å²) in [6, 6.07) is 9.90. The van der Waals surface area contributed by atoms with Crippen molar-refractivity contribution in [3.63, 3.8) is 0 Å². The Morgan fingerprint density at radius 3 is 2.50 bits per heavy atom. The molecule has 1 atom stereocenters. The van der Waals surface area contributed by atoms with Crippen molar-refractivity contribution in [1.29, 1.82) is 0 Å². The van der Waals surface area contributed by atoms with Crippen molar-refractivity contribution in [1.82, 2.24) is 15.0 Å². The molecule has 2 aromatic heterocycles. The maximum atomic E-state index is 12.9. The second-order valence-corrected chi connectivity index (χ2v) is 9.84. The summed E-state index contributed by atoms with van der Waals surface area (Å²) in [4.78, 5) is 26.7. The van der Waals surface area contributed by atoms with Crippen LogP contribution in [0.2, 0.25) is 5.02 Å². The lowest BCUT2D eigenvalue weighted by atomic mass is 10.1. The van der Waals surface area contributed by atoms with Gasteiger partial charge in [-0.1, -0.05) is 11.6 Å². The zero-order valence-corrected chi connectivity index (χ0v) is 20.7. The first-order valence-electron chi connectivity index (χ1n) is 10.7. The van der Waals surface area contributed by atoms with Crippen molar-refractivity contribution < 1.29 is 17.9 Å². The minimum absolute atomic E-state index is 0.178. The highest BCUT2D eigenvalue weighted by Crippen LogP contribution is 2.25. The predicted octanol–water partition coefficient (Wildman–Crippen LogP) is 4.44. The van der Waals surface area contributed by atoms with E-state index in [9.17, 15) is 13.2 Å². The fourth-order valence-corrected chi connectivity index (χ4v) is 4.75. The second kappa shape index (κ2) is 11.3. The average Bonchev–Trinajstić information content (AvgIpc) is 2.82. The average molecular weight is 504 g/mol. The van der Waals surface area contributed by atoms with Crippen LogP contribution in [0.3, 0.4) is 0 Å². The van der Waals surface area contributed by atoms with Crippen LogP contribution in [0.15, 0.2) is 60.1 Å². The van der Waals surface area contributed by atoms with Crippen LogP contribution in [0, 0.1) is 6.92 Å². The Morgan fingerprint density at radius 1 is 1.15 bits per heavy atom. The van der Waals surface area contributed by atoms with Crippen LogP contribution in [0.4, 0.5) is 16.2 Å². The van der Waals surface area contributed by atoms with Gasteiger partial charge in [0.2, 0.25) is 0 Å². The van der Waals surface area contributed by atoms with Gasteiger partial charge in [0, 0.05) is 36.9 Å². The molecule has 0 aliphatic rings. The summed E-state index contributed by atoms with van der Waals surface area (Å²) in [5, 5.41) is 2.83. The van der Waals surface area contributed by atoms with Crippen LogP contribution in [0.25, 0.3) is 0 Å². The van der Waals surface area contributed by atoms with Gasteiger partial charge in [0.1, 0.15) is 6.33 Å². The highest BCUT2D eigenvalue weighted by atomic mass is 35.5. The molecule has 3 aromatic rings. The molecule has 11 heteroatoms. The summed E-state index contributed by atoms with van der Waals surface area (Å²) >= 11 is 5.81. The smallest absolute Gasteiger partial charge is 0.412 e. The van der Waals surface area contributed by atoms with Gasteiger partial charge in [-0.05, 0) is 62.7 Å². The predicted molar refractivity (Wildman–Crippen MR) is 131 cm³/mol.